The van der Waals surface area contributed by atoms with Crippen molar-refractivity contribution in [1.82, 2.24) is 9.21 Å². The molecule has 1 amide bonds. The molecule has 0 N–H and O–H groups in total. The molecule has 1 aliphatic rings. The van der Waals surface area contributed by atoms with Crippen LogP contribution in [0.3, 0.4) is 0 Å². The highest BCUT2D eigenvalue weighted by Gasteiger charge is 2.31. The Kier molecular flexibility index (Phi) is 4.47. The fourth-order valence-corrected chi connectivity index (χ4v) is 4.56. The fourth-order valence-electron chi connectivity index (χ4n) is 2.93. The number of sulfonamides is 1. The van der Waals surface area contributed by atoms with Crippen molar-refractivity contribution in [3.8, 4) is 0 Å². The zero-order chi connectivity index (χ0) is 17.3. The van der Waals surface area contributed by atoms with Crippen molar-refractivity contribution in [3.05, 3.63) is 53.5 Å². The molecular weight excluding hydrogens is 328 g/mol. The second kappa shape index (κ2) is 6.41. The first-order chi connectivity index (χ1) is 11.4. The van der Waals surface area contributed by atoms with Gasteiger partial charge in [-0.1, -0.05) is 17.7 Å². The van der Waals surface area contributed by atoms with E-state index in [1.165, 1.54) is 16.8 Å². The summed E-state index contributed by atoms with van der Waals surface area (Å²) in [6.45, 7) is 5.06. The fraction of sp³-hybridized carbons (Fsp3) is 0.353. The largest absolute Gasteiger partial charge is 0.472 e. The summed E-state index contributed by atoms with van der Waals surface area (Å²) in [5.74, 6) is -0.132. The maximum absolute atomic E-state index is 12.8. The Morgan fingerprint density at radius 3 is 2.38 bits per heavy atom. The molecule has 0 spiro atoms. The highest BCUT2D eigenvalue weighted by molar-refractivity contribution is 7.89. The number of piperazine rings is 1. The topological polar surface area (TPSA) is 70.8 Å². The third-order valence-corrected chi connectivity index (χ3v) is 6.30. The molecule has 2 heterocycles. The van der Waals surface area contributed by atoms with Gasteiger partial charge in [0.1, 0.15) is 6.26 Å². The lowest BCUT2D eigenvalue weighted by molar-refractivity contribution is 0.0697. The van der Waals surface area contributed by atoms with Gasteiger partial charge in [0.25, 0.3) is 5.91 Å². The van der Waals surface area contributed by atoms with Gasteiger partial charge in [-0.2, -0.15) is 4.31 Å². The van der Waals surface area contributed by atoms with Gasteiger partial charge in [-0.15, -0.1) is 0 Å². The van der Waals surface area contributed by atoms with E-state index < -0.39 is 10.0 Å². The molecule has 0 atom stereocenters. The SMILES string of the molecule is Cc1ccc(S(=O)(=O)N2CCN(C(=O)c3ccoc3)CC2)c(C)c1. The molecule has 2 aromatic rings. The smallest absolute Gasteiger partial charge is 0.257 e. The van der Waals surface area contributed by atoms with Gasteiger partial charge < -0.3 is 9.32 Å². The maximum atomic E-state index is 12.8. The number of nitrogens with zero attached hydrogens (tertiary/aromatic N) is 2. The summed E-state index contributed by atoms with van der Waals surface area (Å²) in [5, 5.41) is 0. The highest BCUT2D eigenvalue weighted by atomic mass is 32.2. The van der Waals surface area contributed by atoms with E-state index in [4.69, 9.17) is 4.42 Å². The molecule has 7 heteroatoms. The quantitative estimate of drug-likeness (QED) is 0.851. The molecule has 1 aromatic heterocycles. The Labute approximate surface area is 141 Å². The molecule has 0 bridgehead atoms. The summed E-state index contributed by atoms with van der Waals surface area (Å²) in [5.41, 5.74) is 2.26. The van der Waals surface area contributed by atoms with Crippen LogP contribution in [0.1, 0.15) is 21.5 Å². The van der Waals surface area contributed by atoms with E-state index in [2.05, 4.69) is 0 Å². The number of benzene rings is 1. The second-order valence-corrected chi connectivity index (χ2v) is 7.88. The van der Waals surface area contributed by atoms with Crippen LogP contribution in [0, 0.1) is 13.8 Å². The van der Waals surface area contributed by atoms with E-state index in [1.807, 2.05) is 13.0 Å². The monoisotopic (exact) mass is 348 g/mol. The molecule has 1 saturated heterocycles. The summed E-state index contributed by atoms with van der Waals surface area (Å²) in [4.78, 5) is 14.3. The van der Waals surface area contributed by atoms with Crippen LogP contribution in [0.15, 0.2) is 46.1 Å². The summed E-state index contributed by atoms with van der Waals surface area (Å²) in [6.07, 6.45) is 2.86. The normalized spacial score (nSPS) is 16.3. The molecule has 1 aliphatic heterocycles. The van der Waals surface area contributed by atoms with E-state index in [0.29, 0.717) is 36.6 Å². The average molecular weight is 348 g/mol. The Morgan fingerprint density at radius 2 is 1.79 bits per heavy atom. The third kappa shape index (κ3) is 3.09. The number of rotatable bonds is 3. The van der Waals surface area contributed by atoms with Crippen LogP contribution in [0.4, 0.5) is 0 Å². The first kappa shape index (κ1) is 16.7. The summed E-state index contributed by atoms with van der Waals surface area (Å²) >= 11 is 0. The molecule has 128 valence electrons. The van der Waals surface area contributed by atoms with Crippen LogP contribution >= 0.6 is 0 Å². The Morgan fingerprint density at radius 1 is 1.08 bits per heavy atom. The van der Waals surface area contributed by atoms with E-state index in [0.717, 1.165) is 11.1 Å². The van der Waals surface area contributed by atoms with E-state index >= 15 is 0 Å². The van der Waals surface area contributed by atoms with Gasteiger partial charge >= 0.3 is 0 Å². The lowest BCUT2D eigenvalue weighted by atomic mass is 10.2. The first-order valence-corrected chi connectivity index (χ1v) is 9.22. The molecule has 1 fully saturated rings. The number of carbonyl (C=O) groups is 1. The van der Waals surface area contributed by atoms with Crippen LogP contribution in [0.25, 0.3) is 0 Å². The Hall–Kier alpha value is -2.12. The molecular formula is C17H20N2O4S. The highest BCUT2D eigenvalue weighted by Crippen LogP contribution is 2.22. The minimum atomic E-state index is -3.54. The maximum Gasteiger partial charge on any atom is 0.257 e. The van der Waals surface area contributed by atoms with Crippen LogP contribution in [-0.4, -0.2) is 49.7 Å². The van der Waals surface area contributed by atoms with E-state index in [-0.39, 0.29) is 5.91 Å². The number of furan rings is 1. The minimum Gasteiger partial charge on any atom is -0.472 e. The third-order valence-electron chi connectivity index (χ3n) is 4.24. The Bertz CT molecular complexity index is 835. The molecule has 0 saturated carbocycles. The zero-order valence-corrected chi connectivity index (χ0v) is 14.5. The van der Waals surface area contributed by atoms with Gasteiger partial charge in [0, 0.05) is 26.2 Å². The van der Waals surface area contributed by atoms with Crippen molar-refractivity contribution in [2.45, 2.75) is 18.7 Å². The van der Waals surface area contributed by atoms with Crippen LogP contribution < -0.4 is 0 Å². The van der Waals surface area contributed by atoms with Crippen LogP contribution in [-0.2, 0) is 10.0 Å². The minimum absolute atomic E-state index is 0.132. The predicted molar refractivity (Wildman–Crippen MR) is 89.3 cm³/mol. The van der Waals surface area contributed by atoms with E-state index in [1.54, 1.807) is 30.0 Å². The van der Waals surface area contributed by atoms with Crippen molar-refractivity contribution < 1.29 is 17.6 Å². The van der Waals surface area contributed by atoms with Gasteiger partial charge in [-0.25, -0.2) is 8.42 Å². The predicted octanol–water partition coefficient (Wildman–Crippen LogP) is 2.04. The number of carbonyl (C=O) groups excluding carboxylic acids is 1. The van der Waals surface area contributed by atoms with Gasteiger partial charge in [0.05, 0.1) is 16.7 Å². The summed E-state index contributed by atoms with van der Waals surface area (Å²) < 4.78 is 32.0. The Balaban J connectivity index is 1.73. The van der Waals surface area contributed by atoms with Gasteiger partial charge in [-0.05, 0) is 31.5 Å². The number of aryl methyl sites for hydroxylation is 2. The van der Waals surface area contributed by atoms with Crippen LogP contribution in [0.5, 0.6) is 0 Å². The van der Waals surface area contributed by atoms with Gasteiger partial charge in [0.2, 0.25) is 10.0 Å². The van der Waals surface area contributed by atoms with Crippen molar-refractivity contribution in [1.29, 1.82) is 0 Å². The van der Waals surface area contributed by atoms with Gasteiger partial charge in [0.15, 0.2) is 0 Å². The number of amides is 1. The standard InChI is InChI=1S/C17H20N2O4S/c1-13-3-4-16(14(2)11-13)24(21,22)19-8-6-18(7-9-19)17(20)15-5-10-23-12-15/h3-5,10-12H,6-9H2,1-2H3. The summed E-state index contributed by atoms with van der Waals surface area (Å²) in [7, 11) is -3.54. The zero-order valence-electron chi connectivity index (χ0n) is 13.7. The average Bonchev–Trinajstić information content (AvgIpc) is 3.08. The lowest BCUT2D eigenvalue weighted by Crippen LogP contribution is -2.50. The van der Waals surface area contributed by atoms with Crippen LogP contribution in [0.2, 0.25) is 0 Å². The molecule has 0 aliphatic carbocycles. The van der Waals surface area contributed by atoms with Crippen molar-refractivity contribution in [3.63, 3.8) is 0 Å². The molecule has 6 nitrogen and oxygen atoms in total. The van der Waals surface area contributed by atoms with E-state index in [9.17, 15) is 13.2 Å². The van der Waals surface area contributed by atoms with Crippen molar-refractivity contribution in [2.75, 3.05) is 26.2 Å². The van der Waals surface area contributed by atoms with Crippen molar-refractivity contribution >= 4 is 15.9 Å². The molecule has 1 aromatic carbocycles. The van der Waals surface area contributed by atoms with Crippen molar-refractivity contribution in [2.24, 2.45) is 0 Å². The molecule has 3 rings (SSSR count). The number of hydrogen-bond donors (Lipinski definition) is 0. The first-order valence-electron chi connectivity index (χ1n) is 7.78. The number of hydrogen-bond acceptors (Lipinski definition) is 4. The lowest BCUT2D eigenvalue weighted by Gasteiger charge is -2.34. The summed E-state index contributed by atoms with van der Waals surface area (Å²) in [6, 6.07) is 6.94. The molecule has 0 radical (unpaired) electrons. The van der Waals surface area contributed by atoms with Gasteiger partial charge in [-0.3, -0.25) is 4.79 Å². The second-order valence-electron chi connectivity index (χ2n) is 5.98. The molecule has 24 heavy (non-hydrogen) atoms. The molecule has 0 unspecified atom stereocenters.